The second kappa shape index (κ2) is 8.57. The molecule has 3 aromatic rings. The van der Waals surface area contributed by atoms with E-state index in [9.17, 15) is 24.8 Å². The average Bonchev–Trinajstić information content (AvgIpc) is 2.74. The number of nitrogens with zero attached hydrogens (tertiary/aromatic N) is 3. The normalized spacial score (nSPS) is 10.6. The molecule has 0 aliphatic rings. The molecule has 0 atom stereocenters. The third-order valence-corrected chi connectivity index (χ3v) is 4.00. The summed E-state index contributed by atoms with van der Waals surface area (Å²) in [6.07, 6.45) is 1.45. The van der Waals surface area contributed by atoms with Gasteiger partial charge in [0.05, 0.1) is 22.4 Å². The van der Waals surface area contributed by atoms with E-state index in [0.29, 0.717) is 5.69 Å². The minimum absolute atomic E-state index is 0.333. The average molecular weight is 389 g/mol. The number of hydrogen-bond acceptors (Lipinski definition) is 5. The van der Waals surface area contributed by atoms with Crippen LogP contribution in [0.1, 0.15) is 26.3 Å². The number of amides is 1. The van der Waals surface area contributed by atoms with Crippen LogP contribution in [0.15, 0.2) is 84.0 Å². The van der Waals surface area contributed by atoms with E-state index in [1.165, 1.54) is 18.3 Å². The third-order valence-electron chi connectivity index (χ3n) is 4.00. The molecule has 8 nitrogen and oxygen atoms in total. The van der Waals surface area contributed by atoms with Crippen molar-refractivity contribution < 1.29 is 19.6 Å². The highest BCUT2D eigenvalue weighted by Gasteiger charge is 2.29. The van der Waals surface area contributed by atoms with Crippen molar-refractivity contribution in [3.05, 3.63) is 106 Å². The SMILES string of the molecule is O=C(O)c1c(C(=O)N(N=Cc2ccccc2)c2ccccc2)cccc1[N+](=O)[O-]. The lowest BCUT2D eigenvalue weighted by molar-refractivity contribution is -0.385. The van der Waals surface area contributed by atoms with Crippen LogP contribution in [0.3, 0.4) is 0 Å². The highest BCUT2D eigenvalue weighted by Crippen LogP contribution is 2.26. The molecule has 3 aromatic carbocycles. The van der Waals surface area contributed by atoms with Crippen LogP contribution in [0.4, 0.5) is 11.4 Å². The van der Waals surface area contributed by atoms with E-state index in [2.05, 4.69) is 5.10 Å². The van der Waals surface area contributed by atoms with Crippen LogP contribution in [0.5, 0.6) is 0 Å². The number of hydrazone groups is 1. The fraction of sp³-hybridized carbons (Fsp3) is 0. The first-order valence-electron chi connectivity index (χ1n) is 8.48. The van der Waals surface area contributed by atoms with Crippen molar-refractivity contribution in [1.82, 2.24) is 0 Å². The topological polar surface area (TPSA) is 113 Å². The first-order chi connectivity index (χ1) is 14.0. The number of para-hydroxylation sites is 1. The van der Waals surface area contributed by atoms with Crippen LogP contribution in [0.25, 0.3) is 0 Å². The van der Waals surface area contributed by atoms with Gasteiger partial charge in [-0.3, -0.25) is 14.9 Å². The van der Waals surface area contributed by atoms with Gasteiger partial charge in [0.15, 0.2) is 0 Å². The van der Waals surface area contributed by atoms with Gasteiger partial charge in [0, 0.05) is 6.07 Å². The number of carbonyl (C=O) groups excluding carboxylic acids is 1. The molecule has 144 valence electrons. The molecule has 3 rings (SSSR count). The van der Waals surface area contributed by atoms with Crippen LogP contribution in [0, 0.1) is 10.1 Å². The zero-order valence-corrected chi connectivity index (χ0v) is 15.0. The number of carboxylic acids is 1. The Hall–Kier alpha value is -4.33. The Morgan fingerprint density at radius 2 is 1.55 bits per heavy atom. The number of nitro benzene ring substituents is 1. The standard InChI is InChI=1S/C21H15N3O5/c25-20(17-12-7-13-18(24(28)29)19(17)21(26)27)23(16-10-5-2-6-11-16)22-14-15-8-3-1-4-9-15/h1-14H,(H,26,27). The number of benzene rings is 3. The van der Waals surface area contributed by atoms with Crippen molar-refractivity contribution >= 4 is 29.5 Å². The predicted octanol–water partition coefficient (Wildman–Crippen LogP) is 3.97. The molecule has 0 aromatic heterocycles. The molecule has 1 amide bonds. The summed E-state index contributed by atoms with van der Waals surface area (Å²) < 4.78 is 0. The highest BCUT2D eigenvalue weighted by atomic mass is 16.6. The summed E-state index contributed by atoms with van der Waals surface area (Å²) in [5.41, 5.74) is -0.575. The van der Waals surface area contributed by atoms with Crippen LogP contribution >= 0.6 is 0 Å². The van der Waals surface area contributed by atoms with E-state index >= 15 is 0 Å². The zero-order chi connectivity index (χ0) is 20.8. The molecule has 0 unspecified atom stereocenters. The van der Waals surface area contributed by atoms with Gasteiger partial charge in [0.1, 0.15) is 5.56 Å². The minimum Gasteiger partial charge on any atom is -0.477 e. The third kappa shape index (κ3) is 4.33. The molecule has 29 heavy (non-hydrogen) atoms. The van der Waals surface area contributed by atoms with Crippen LogP contribution < -0.4 is 5.01 Å². The highest BCUT2D eigenvalue weighted by molar-refractivity contribution is 6.13. The van der Waals surface area contributed by atoms with E-state index in [1.807, 2.05) is 6.07 Å². The van der Waals surface area contributed by atoms with Crippen molar-refractivity contribution in [2.75, 3.05) is 5.01 Å². The monoisotopic (exact) mass is 389 g/mol. The fourth-order valence-corrected chi connectivity index (χ4v) is 2.68. The first kappa shape index (κ1) is 19.4. The van der Waals surface area contributed by atoms with Gasteiger partial charge in [-0.1, -0.05) is 54.6 Å². The lowest BCUT2D eigenvalue weighted by Gasteiger charge is -2.18. The van der Waals surface area contributed by atoms with E-state index < -0.39 is 28.1 Å². The van der Waals surface area contributed by atoms with Crippen molar-refractivity contribution in [2.45, 2.75) is 0 Å². The summed E-state index contributed by atoms with van der Waals surface area (Å²) >= 11 is 0. The van der Waals surface area contributed by atoms with Crippen molar-refractivity contribution in [3.8, 4) is 0 Å². The number of carbonyl (C=O) groups is 2. The van der Waals surface area contributed by atoms with Crippen molar-refractivity contribution in [2.24, 2.45) is 5.10 Å². The smallest absolute Gasteiger partial charge is 0.343 e. The molecular weight excluding hydrogens is 374 g/mol. The van der Waals surface area contributed by atoms with Gasteiger partial charge in [-0.25, -0.2) is 4.79 Å². The van der Waals surface area contributed by atoms with Crippen molar-refractivity contribution in [3.63, 3.8) is 0 Å². The number of hydrogen-bond donors (Lipinski definition) is 1. The number of aromatic carboxylic acids is 1. The van der Waals surface area contributed by atoms with Gasteiger partial charge in [0.2, 0.25) is 0 Å². The van der Waals surface area contributed by atoms with Gasteiger partial charge in [-0.2, -0.15) is 10.1 Å². The summed E-state index contributed by atoms with van der Waals surface area (Å²) in [6.45, 7) is 0. The van der Waals surface area contributed by atoms with Gasteiger partial charge < -0.3 is 5.11 Å². The second-order valence-electron chi connectivity index (χ2n) is 5.87. The Kier molecular flexibility index (Phi) is 5.74. The largest absolute Gasteiger partial charge is 0.477 e. The summed E-state index contributed by atoms with van der Waals surface area (Å²) in [4.78, 5) is 35.3. The van der Waals surface area contributed by atoms with E-state index in [0.717, 1.165) is 16.6 Å². The molecule has 0 spiro atoms. The van der Waals surface area contributed by atoms with E-state index in [1.54, 1.807) is 54.6 Å². The Balaban J connectivity index is 2.11. The maximum atomic E-state index is 13.2. The van der Waals surface area contributed by atoms with E-state index in [4.69, 9.17) is 0 Å². The Bertz CT molecular complexity index is 1080. The molecule has 0 saturated heterocycles. The van der Waals surface area contributed by atoms with Crippen LogP contribution in [-0.4, -0.2) is 28.1 Å². The molecule has 1 N–H and O–H groups in total. The number of nitro groups is 1. The molecular formula is C21H15N3O5. The Morgan fingerprint density at radius 1 is 0.931 bits per heavy atom. The van der Waals surface area contributed by atoms with Gasteiger partial charge in [-0.15, -0.1) is 0 Å². The number of carboxylic acid groups (broad SMARTS) is 1. The van der Waals surface area contributed by atoms with E-state index in [-0.39, 0.29) is 5.56 Å². The lowest BCUT2D eigenvalue weighted by atomic mass is 10.0. The predicted molar refractivity (Wildman–Crippen MR) is 107 cm³/mol. The molecule has 0 bridgehead atoms. The molecule has 0 heterocycles. The van der Waals surface area contributed by atoms with Gasteiger partial charge in [0.25, 0.3) is 11.6 Å². The molecule has 0 radical (unpaired) electrons. The zero-order valence-electron chi connectivity index (χ0n) is 15.0. The van der Waals surface area contributed by atoms with Crippen LogP contribution in [0.2, 0.25) is 0 Å². The number of anilines is 1. The molecule has 0 fully saturated rings. The quantitative estimate of drug-likeness (QED) is 0.389. The van der Waals surface area contributed by atoms with Gasteiger partial charge in [-0.05, 0) is 23.8 Å². The first-order valence-corrected chi connectivity index (χ1v) is 8.48. The summed E-state index contributed by atoms with van der Waals surface area (Å²) in [5, 5.41) is 26.0. The van der Waals surface area contributed by atoms with Gasteiger partial charge >= 0.3 is 5.97 Å². The second-order valence-corrected chi connectivity index (χ2v) is 5.87. The van der Waals surface area contributed by atoms with Crippen LogP contribution in [-0.2, 0) is 0 Å². The summed E-state index contributed by atoms with van der Waals surface area (Å²) in [5.74, 6) is -2.37. The summed E-state index contributed by atoms with van der Waals surface area (Å²) in [6, 6.07) is 20.9. The Labute approximate surface area is 165 Å². The molecule has 0 aliphatic heterocycles. The fourth-order valence-electron chi connectivity index (χ4n) is 2.68. The maximum Gasteiger partial charge on any atom is 0.343 e. The van der Waals surface area contributed by atoms with Crippen molar-refractivity contribution in [1.29, 1.82) is 0 Å². The maximum absolute atomic E-state index is 13.2. The Morgan fingerprint density at radius 3 is 2.14 bits per heavy atom. The summed E-state index contributed by atoms with van der Waals surface area (Å²) in [7, 11) is 0. The number of rotatable bonds is 6. The molecule has 0 aliphatic carbocycles. The minimum atomic E-state index is -1.57. The molecule has 0 saturated carbocycles. The molecule has 8 heteroatoms. The lowest BCUT2D eigenvalue weighted by Crippen LogP contribution is -2.28.